The molecular formula is C8H8O6. The average molecular weight is 200 g/mol. The van der Waals surface area contributed by atoms with Crippen LogP contribution in [0.4, 0.5) is 4.79 Å². The molecule has 0 unspecified atom stereocenters. The highest BCUT2D eigenvalue weighted by Gasteiger charge is 2.02. The van der Waals surface area contributed by atoms with Crippen molar-refractivity contribution in [2.75, 3.05) is 0 Å². The summed E-state index contributed by atoms with van der Waals surface area (Å²) in [6, 6.07) is 8.25. The number of carbonyl (C=O) groups is 2. The molecule has 0 atom stereocenters. The summed E-state index contributed by atoms with van der Waals surface area (Å²) >= 11 is 0. The fourth-order valence-corrected chi connectivity index (χ4v) is 0.627. The molecule has 14 heavy (non-hydrogen) atoms. The van der Waals surface area contributed by atoms with Crippen LogP contribution in [0.3, 0.4) is 0 Å². The van der Waals surface area contributed by atoms with E-state index in [1.54, 1.807) is 30.3 Å². The summed E-state index contributed by atoms with van der Waals surface area (Å²) in [5.41, 5.74) is 0.338. The first-order valence-corrected chi connectivity index (χ1v) is 3.40. The van der Waals surface area contributed by atoms with E-state index in [1.165, 1.54) is 0 Å². The van der Waals surface area contributed by atoms with E-state index in [0.29, 0.717) is 5.56 Å². The summed E-state index contributed by atoms with van der Waals surface area (Å²) in [6.07, 6.45) is -1.83. The Morgan fingerprint density at radius 3 is 1.86 bits per heavy atom. The first kappa shape index (κ1) is 11.9. The fraction of sp³-hybridized carbons (Fsp3) is 0. The van der Waals surface area contributed by atoms with Crippen LogP contribution >= 0.6 is 0 Å². The van der Waals surface area contributed by atoms with Crippen molar-refractivity contribution in [2.45, 2.75) is 0 Å². The van der Waals surface area contributed by atoms with Crippen LogP contribution in [-0.2, 0) is 4.89 Å². The van der Waals surface area contributed by atoms with Crippen molar-refractivity contribution in [3.05, 3.63) is 35.9 Å². The molecule has 1 aromatic carbocycles. The van der Waals surface area contributed by atoms with Crippen LogP contribution in [0.1, 0.15) is 10.4 Å². The molecule has 0 saturated heterocycles. The van der Waals surface area contributed by atoms with Gasteiger partial charge in [0.25, 0.3) is 0 Å². The zero-order chi connectivity index (χ0) is 11.0. The van der Waals surface area contributed by atoms with Gasteiger partial charge in [0, 0.05) is 0 Å². The monoisotopic (exact) mass is 200 g/mol. The molecule has 1 aromatic rings. The van der Waals surface area contributed by atoms with Crippen molar-refractivity contribution < 1.29 is 29.9 Å². The summed E-state index contributed by atoms with van der Waals surface area (Å²) in [6.45, 7) is 0. The van der Waals surface area contributed by atoms with Crippen LogP contribution in [0.2, 0.25) is 0 Å². The predicted octanol–water partition coefficient (Wildman–Crippen LogP) is 1.54. The molecule has 0 heterocycles. The minimum Gasteiger partial charge on any atom is -0.450 e. The Morgan fingerprint density at radius 2 is 1.50 bits per heavy atom. The molecule has 0 saturated carbocycles. The SMILES string of the molecule is O=C(O)O.O=C(OO)c1ccccc1. The van der Waals surface area contributed by atoms with Crippen LogP contribution in [0.5, 0.6) is 0 Å². The van der Waals surface area contributed by atoms with Gasteiger partial charge in [-0.25, -0.2) is 9.59 Å². The Kier molecular flexibility index (Phi) is 5.48. The highest BCUT2D eigenvalue weighted by Crippen LogP contribution is 1.98. The minimum absolute atomic E-state index is 0.338. The summed E-state index contributed by atoms with van der Waals surface area (Å²) in [4.78, 5) is 22.6. The van der Waals surface area contributed by atoms with Gasteiger partial charge < -0.3 is 10.2 Å². The molecule has 0 aromatic heterocycles. The summed E-state index contributed by atoms with van der Waals surface area (Å²) < 4.78 is 0. The normalized spacial score (nSPS) is 8.07. The Morgan fingerprint density at radius 1 is 1.07 bits per heavy atom. The maximum absolute atomic E-state index is 10.5. The third-order valence-electron chi connectivity index (χ3n) is 1.09. The first-order chi connectivity index (χ1) is 6.57. The highest BCUT2D eigenvalue weighted by atomic mass is 17.1. The second kappa shape index (κ2) is 6.44. The lowest BCUT2D eigenvalue weighted by atomic mass is 10.2. The van der Waals surface area contributed by atoms with Crippen molar-refractivity contribution in [3.8, 4) is 0 Å². The van der Waals surface area contributed by atoms with Crippen molar-refractivity contribution >= 4 is 12.1 Å². The highest BCUT2D eigenvalue weighted by molar-refractivity contribution is 5.88. The predicted molar refractivity (Wildman–Crippen MR) is 45.1 cm³/mol. The van der Waals surface area contributed by atoms with Crippen LogP contribution in [-0.4, -0.2) is 27.6 Å². The second-order valence-corrected chi connectivity index (χ2v) is 2.03. The standard InChI is InChI=1S/C7H6O3.CH2O3/c8-7(10-9)6-4-2-1-3-5-6;2-1(3)4/h1-5,9H;(H2,2,3,4). The van der Waals surface area contributed by atoms with Gasteiger partial charge in [-0.2, -0.15) is 5.26 Å². The molecule has 0 aliphatic rings. The summed E-state index contributed by atoms with van der Waals surface area (Å²) in [7, 11) is 0. The van der Waals surface area contributed by atoms with Gasteiger partial charge in [0.05, 0.1) is 5.56 Å². The van der Waals surface area contributed by atoms with E-state index in [4.69, 9.17) is 20.3 Å². The smallest absolute Gasteiger partial charge is 0.450 e. The van der Waals surface area contributed by atoms with Crippen molar-refractivity contribution in [1.82, 2.24) is 0 Å². The molecule has 6 heteroatoms. The zero-order valence-electron chi connectivity index (χ0n) is 6.95. The van der Waals surface area contributed by atoms with Crippen LogP contribution in [0.25, 0.3) is 0 Å². The number of carboxylic acid groups (broad SMARTS) is 2. The van der Waals surface area contributed by atoms with Crippen molar-refractivity contribution in [1.29, 1.82) is 0 Å². The maximum atomic E-state index is 10.5. The average Bonchev–Trinajstić information content (AvgIpc) is 2.17. The number of hydrogen-bond acceptors (Lipinski definition) is 4. The molecule has 0 amide bonds. The quantitative estimate of drug-likeness (QED) is 0.469. The number of benzene rings is 1. The van der Waals surface area contributed by atoms with Crippen LogP contribution in [0, 0.1) is 0 Å². The Labute approximate surface area is 78.9 Å². The molecule has 0 aliphatic heterocycles. The van der Waals surface area contributed by atoms with Gasteiger partial charge in [-0.1, -0.05) is 18.2 Å². The molecule has 76 valence electrons. The molecule has 0 fully saturated rings. The third-order valence-corrected chi connectivity index (χ3v) is 1.09. The van der Waals surface area contributed by atoms with E-state index in [0.717, 1.165) is 0 Å². The Balaban J connectivity index is 0.000000364. The zero-order valence-corrected chi connectivity index (χ0v) is 6.95. The molecule has 3 N–H and O–H groups in total. The lowest BCUT2D eigenvalue weighted by Crippen LogP contribution is -2.00. The van der Waals surface area contributed by atoms with Gasteiger partial charge in [0.1, 0.15) is 0 Å². The lowest BCUT2D eigenvalue weighted by Gasteiger charge is -1.92. The second-order valence-electron chi connectivity index (χ2n) is 2.03. The summed E-state index contributed by atoms with van der Waals surface area (Å²) in [5, 5.41) is 21.9. The topological polar surface area (TPSA) is 104 Å². The molecule has 6 nitrogen and oxygen atoms in total. The molecule has 0 aliphatic carbocycles. The molecule has 1 rings (SSSR count). The molecule has 0 radical (unpaired) electrons. The Bertz CT molecular complexity index is 290. The first-order valence-electron chi connectivity index (χ1n) is 3.40. The van der Waals surface area contributed by atoms with E-state index in [1.807, 2.05) is 0 Å². The van der Waals surface area contributed by atoms with E-state index in [-0.39, 0.29) is 0 Å². The molecule has 0 spiro atoms. The maximum Gasteiger partial charge on any atom is 0.503 e. The van der Waals surface area contributed by atoms with Gasteiger partial charge in [-0.05, 0) is 12.1 Å². The lowest BCUT2D eigenvalue weighted by molar-refractivity contribution is -0.182. The fourth-order valence-electron chi connectivity index (χ4n) is 0.627. The Hall–Kier alpha value is -2.08. The van der Waals surface area contributed by atoms with Crippen LogP contribution < -0.4 is 0 Å². The largest absolute Gasteiger partial charge is 0.503 e. The van der Waals surface area contributed by atoms with Crippen LogP contribution in [0.15, 0.2) is 30.3 Å². The third kappa shape index (κ3) is 5.56. The van der Waals surface area contributed by atoms with Gasteiger partial charge in [-0.3, -0.25) is 4.89 Å². The van der Waals surface area contributed by atoms with E-state index >= 15 is 0 Å². The summed E-state index contributed by atoms with van der Waals surface area (Å²) in [5.74, 6) is -0.736. The van der Waals surface area contributed by atoms with Crippen molar-refractivity contribution in [2.24, 2.45) is 0 Å². The minimum atomic E-state index is -1.83. The van der Waals surface area contributed by atoms with E-state index < -0.39 is 12.1 Å². The van der Waals surface area contributed by atoms with Gasteiger partial charge in [0.15, 0.2) is 0 Å². The van der Waals surface area contributed by atoms with Gasteiger partial charge in [0.2, 0.25) is 0 Å². The number of carbonyl (C=O) groups excluding carboxylic acids is 1. The molecular weight excluding hydrogens is 192 g/mol. The molecule has 0 bridgehead atoms. The van der Waals surface area contributed by atoms with Gasteiger partial charge in [-0.15, -0.1) is 0 Å². The number of hydrogen-bond donors (Lipinski definition) is 3. The van der Waals surface area contributed by atoms with Crippen molar-refractivity contribution in [3.63, 3.8) is 0 Å². The number of rotatable bonds is 1. The van der Waals surface area contributed by atoms with Gasteiger partial charge >= 0.3 is 12.1 Å². The van der Waals surface area contributed by atoms with E-state index in [2.05, 4.69) is 4.89 Å². The van der Waals surface area contributed by atoms with E-state index in [9.17, 15) is 4.79 Å².